The number of carbonyl (C=O) groups excluding carboxylic acids is 2. The number of rotatable bonds is 2. The molecule has 0 aliphatic carbocycles. The molecule has 0 aromatic heterocycles. The number of aliphatic hydroxyl groups excluding tert-OH is 1. The number of amides is 3. The second-order valence-corrected chi connectivity index (χ2v) is 2.61. The van der Waals surface area contributed by atoms with Crippen molar-refractivity contribution in [3.05, 3.63) is 0 Å². The predicted octanol–water partition coefficient (Wildman–Crippen LogP) is -0.864. The van der Waals surface area contributed by atoms with Crippen molar-refractivity contribution in [1.29, 1.82) is 0 Å². The zero-order valence-electron chi connectivity index (χ0n) is 5.03. The quantitative estimate of drug-likeness (QED) is 0.315. The zero-order valence-corrected chi connectivity index (χ0v) is 5.85. The van der Waals surface area contributed by atoms with Gasteiger partial charge in [0.05, 0.1) is 0 Å². The molecule has 1 heterocycles. The van der Waals surface area contributed by atoms with E-state index in [-0.39, 0.29) is 18.4 Å². The zero-order chi connectivity index (χ0) is 7.56. The van der Waals surface area contributed by atoms with Gasteiger partial charge in [-0.05, 0) is 11.9 Å². The second-order valence-electron chi connectivity index (χ2n) is 1.65. The number of hydrogen-bond donors (Lipinski definition) is 2. The summed E-state index contributed by atoms with van der Waals surface area (Å²) in [6.45, 7) is 0.0318. The lowest BCUT2D eigenvalue weighted by molar-refractivity contribution is -0.118. The van der Waals surface area contributed by atoms with Crippen molar-refractivity contribution < 1.29 is 14.7 Å². The minimum atomic E-state index is -0.455. The van der Waals surface area contributed by atoms with Crippen LogP contribution in [0.3, 0.4) is 0 Å². The standard InChI is InChI=1S/C4H6N2O3S/c7-2-10-6-1-3(8)5-4(6)9/h7H,1-2H2,(H,5,8,9). The van der Waals surface area contributed by atoms with Gasteiger partial charge in [-0.1, -0.05) is 0 Å². The molecule has 1 aliphatic heterocycles. The molecule has 0 saturated carbocycles. The molecule has 6 heteroatoms. The van der Waals surface area contributed by atoms with E-state index in [1.807, 2.05) is 0 Å². The summed E-state index contributed by atoms with van der Waals surface area (Å²) in [6.07, 6.45) is 0. The lowest BCUT2D eigenvalue weighted by Gasteiger charge is -2.07. The Morgan fingerprint density at radius 2 is 2.40 bits per heavy atom. The second kappa shape index (κ2) is 2.89. The Balaban J connectivity index is 2.46. The summed E-state index contributed by atoms with van der Waals surface area (Å²) in [5, 5.41) is 10.4. The summed E-state index contributed by atoms with van der Waals surface area (Å²) in [5.74, 6) is -0.522. The minimum Gasteiger partial charge on any atom is -0.384 e. The fourth-order valence-corrected chi connectivity index (χ4v) is 1.11. The molecule has 0 spiro atoms. The van der Waals surface area contributed by atoms with E-state index in [1.165, 1.54) is 4.31 Å². The van der Waals surface area contributed by atoms with E-state index >= 15 is 0 Å². The van der Waals surface area contributed by atoms with Crippen molar-refractivity contribution in [1.82, 2.24) is 9.62 Å². The van der Waals surface area contributed by atoms with Gasteiger partial charge >= 0.3 is 6.03 Å². The molecule has 1 saturated heterocycles. The molecule has 0 atom stereocenters. The van der Waals surface area contributed by atoms with Crippen molar-refractivity contribution >= 4 is 23.9 Å². The first kappa shape index (κ1) is 7.36. The highest BCUT2D eigenvalue weighted by Crippen LogP contribution is 2.11. The fourth-order valence-electron chi connectivity index (χ4n) is 0.597. The number of nitrogens with zero attached hydrogens (tertiary/aromatic N) is 1. The summed E-state index contributed by atoms with van der Waals surface area (Å²) in [4.78, 5) is 21.1. The maximum atomic E-state index is 10.6. The van der Waals surface area contributed by atoms with E-state index in [9.17, 15) is 9.59 Å². The van der Waals surface area contributed by atoms with Gasteiger partial charge in [-0.15, -0.1) is 0 Å². The molecule has 0 aromatic rings. The Bertz CT molecular complexity index is 172. The minimum absolute atomic E-state index is 0.0318. The first-order valence-corrected chi connectivity index (χ1v) is 3.53. The third kappa shape index (κ3) is 1.39. The van der Waals surface area contributed by atoms with Gasteiger partial charge in [-0.25, -0.2) is 4.79 Å². The van der Waals surface area contributed by atoms with Crippen LogP contribution in [0.15, 0.2) is 0 Å². The molecule has 5 nitrogen and oxygen atoms in total. The van der Waals surface area contributed by atoms with Crippen LogP contribution in [0.25, 0.3) is 0 Å². The van der Waals surface area contributed by atoms with Crippen molar-refractivity contribution in [3.8, 4) is 0 Å². The van der Waals surface area contributed by atoms with Gasteiger partial charge in [-0.3, -0.25) is 14.4 Å². The highest BCUT2D eigenvalue weighted by molar-refractivity contribution is 7.97. The molecule has 0 bridgehead atoms. The molecule has 1 aliphatic rings. The maximum Gasteiger partial charge on any atom is 0.334 e. The Hall–Kier alpha value is -0.750. The number of aliphatic hydroxyl groups is 1. The first-order valence-electron chi connectivity index (χ1n) is 2.59. The average Bonchev–Trinajstić information content (AvgIpc) is 2.13. The third-order valence-electron chi connectivity index (χ3n) is 0.974. The van der Waals surface area contributed by atoms with Crippen molar-refractivity contribution in [2.45, 2.75) is 0 Å². The molecular formula is C4H6N2O3S. The molecule has 0 aromatic carbocycles. The summed E-state index contributed by atoms with van der Waals surface area (Å²) in [7, 11) is 0. The average molecular weight is 162 g/mol. The van der Waals surface area contributed by atoms with Gasteiger partial charge in [0, 0.05) is 0 Å². The summed E-state index contributed by atoms with van der Waals surface area (Å²) < 4.78 is 1.17. The van der Waals surface area contributed by atoms with E-state index in [0.29, 0.717) is 0 Å². The van der Waals surface area contributed by atoms with Crippen LogP contribution in [0.2, 0.25) is 0 Å². The number of imide groups is 1. The Morgan fingerprint density at radius 1 is 1.70 bits per heavy atom. The van der Waals surface area contributed by atoms with E-state index in [2.05, 4.69) is 5.32 Å². The Morgan fingerprint density at radius 3 is 2.80 bits per heavy atom. The highest BCUT2D eigenvalue weighted by atomic mass is 32.2. The van der Waals surface area contributed by atoms with Crippen LogP contribution < -0.4 is 5.32 Å². The summed E-state index contributed by atoms with van der Waals surface area (Å²) in [5.41, 5.74) is 0. The van der Waals surface area contributed by atoms with Crippen LogP contribution >= 0.6 is 11.9 Å². The third-order valence-corrected chi connectivity index (χ3v) is 1.70. The smallest absolute Gasteiger partial charge is 0.334 e. The number of carbonyl (C=O) groups is 2. The van der Waals surface area contributed by atoms with Crippen LogP contribution in [-0.4, -0.2) is 33.8 Å². The predicted molar refractivity (Wildman–Crippen MR) is 34.9 cm³/mol. The van der Waals surface area contributed by atoms with Crippen LogP contribution in [0.1, 0.15) is 0 Å². The van der Waals surface area contributed by atoms with Gasteiger partial charge in [0.1, 0.15) is 12.5 Å². The lowest BCUT2D eigenvalue weighted by atomic mass is 10.7. The summed E-state index contributed by atoms with van der Waals surface area (Å²) >= 11 is 0.907. The van der Waals surface area contributed by atoms with E-state index in [4.69, 9.17) is 5.11 Å². The van der Waals surface area contributed by atoms with E-state index in [1.54, 1.807) is 0 Å². The number of nitrogens with one attached hydrogen (secondary N) is 1. The fraction of sp³-hybridized carbons (Fsp3) is 0.500. The molecule has 3 amide bonds. The van der Waals surface area contributed by atoms with Gasteiger partial charge in [0.15, 0.2) is 0 Å². The van der Waals surface area contributed by atoms with Crippen LogP contribution in [-0.2, 0) is 4.79 Å². The lowest BCUT2D eigenvalue weighted by Crippen LogP contribution is -2.23. The molecule has 10 heavy (non-hydrogen) atoms. The van der Waals surface area contributed by atoms with Crippen molar-refractivity contribution in [3.63, 3.8) is 0 Å². The SMILES string of the molecule is O=C1CN(SCO)C(=O)N1. The Kier molecular flexibility index (Phi) is 2.13. The van der Waals surface area contributed by atoms with Gasteiger partial charge in [0.2, 0.25) is 5.91 Å². The van der Waals surface area contributed by atoms with E-state index < -0.39 is 6.03 Å². The molecule has 56 valence electrons. The number of hydrogen-bond acceptors (Lipinski definition) is 4. The topological polar surface area (TPSA) is 69.6 Å². The molecule has 0 radical (unpaired) electrons. The first-order chi connectivity index (χ1) is 4.74. The largest absolute Gasteiger partial charge is 0.384 e. The maximum absolute atomic E-state index is 10.6. The van der Waals surface area contributed by atoms with Gasteiger partial charge in [0.25, 0.3) is 0 Å². The highest BCUT2D eigenvalue weighted by Gasteiger charge is 2.26. The van der Waals surface area contributed by atoms with Gasteiger partial charge in [-0.2, -0.15) is 0 Å². The van der Waals surface area contributed by atoms with Crippen LogP contribution in [0.5, 0.6) is 0 Å². The normalized spacial score (nSPS) is 17.9. The van der Waals surface area contributed by atoms with E-state index in [0.717, 1.165) is 11.9 Å². The molecular weight excluding hydrogens is 156 g/mol. The monoisotopic (exact) mass is 162 g/mol. The van der Waals surface area contributed by atoms with Crippen molar-refractivity contribution in [2.24, 2.45) is 0 Å². The van der Waals surface area contributed by atoms with Crippen LogP contribution in [0.4, 0.5) is 4.79 Å². The molecule has 1 rings (SSSR count). The van der Waals surface area contributed by atoms with Crippen LogP contribution in [0, 0.1) is 0 Å². The van der Waals surface area contributed by atoms with Gasteiger partial charge < -0.3 is 5.11 Å². The Labute approximate surface area is 61.5 Å². The molecule has 0 unspecified atom stereocenters. The summed E-state index contributed by atoms with van der Waals surface area (Å²) in [6, 6.07) is -0.455. The van der Waals surface area contributed by atoms with Crippen molar-refractivity contribution in [2.75, 3.05) is 12.5 Å². The number of urea groups is 1. The molecule has 2 N–H and O–H groups in total. The molecule has 1 fully saturated rings.